The van der Waals surface area contributed by atoms with Crippen LogP contribution in [0, 0.1) is 5.92 Å². The zero-order valence-electron chi connectivity index (χ0n) is 11.5. The van der Waals surface area contributed by atoms with Crippen molar-refractivity contribution in [3.05, 3.63) is 0 Å². The van der Waals surface area contributed by atoms with E-state index in [0.29, 0.717) is 6.04 Å². The fraction of sp³-hybridized carbons (Fsp3) is 1.00. The van der Waals surface area contributed by atoms with E-state index in [2.05, 4.69) is 43.1 Å². The van der Waals surface area contributed by atoms with Gasteiger partial charge in [-0.2, -0.15) is 0 Å². The minimum absolute atomic E-state index is 0.675. The first-order valence-corrected chi connectivity index (χ1v) is 6.73. The number of rotatable bonds is 7. The molecule has 0 aromatic heterocycles. The Morgan fingerprint density at radius 3 is 2.62 bits per heavy atom. The van der Waals surface area contributed by atoms with Crippen LogP contribution in [-0.2, 0) is 0 Å². The quantitative estimate of drug-likeness (QED) is 0.706. The monoisotopic (exact) mass is 227 g/mol. The molecule has 96 valence electrons. The van der Waals surface area contributed by atoms with Crippen LogP contribution in [0.15, 0.2) is 0 Å². The Morgan fingerprint density at radius 2 is 2.12 bits per heavy atom. The molecule has 0 amide bonds. The van der Waals surface area contributed by atoms with Crippen molar-refractivity contribution in [1.82, 2.24) is 15.1 Å². The van der Waals surface area contributed by atoms with E-state index in [4.69, 9.17) is 0 Å². The summed E-state index contributed by atoms with van der Waals surface area (Å²) < 4.78 is 0. The van der Waals surface area contributed by atoms with Gasteiger partial charge in [-0.15, -0.1) is 0 Å². The predicted octanol–water partition coefficient (Wildman–Crippen LogP) is 1.26. The highest BCUT2D eigenvalue weighted by Gasteiger charge is 2.18. The van der Waals surface area contributed by atoms with E-state index >= 15 is 0 Å². The molecule has 0 bridgehead atoms. The topological polar surface area (TPSA) is 18.5 Å². The van der Waals surface area contributed by atoms with Gasteiger partial charge in [0.2, 0.25) is 0 Å². The van der Waals surface area contributed by atoms with Crippen LogP contribution < -0.4 is 5.32 Å². The Balaban J connectivity index is 2.24. The van der Waals surface area contributed by atoms with Gasteiger partial charge in [-0.25, -0.2) is 0 Å². The minimum Gasteiger partial charge on any atom is -0.316 e. The van der Waals surface area contributed by atoms with Crippen molar-refractivity contribution >= 4 is 0 Å². The average molecular weight is 227 g/mol. The van der Waals surface area contributed by atoms with Crippen molar-refractivity contribution in [3.63, 3.8) is 0 Å². The van der Waals surface area contributed by atoms with Crippen molar-refractivity contribution in [2.45, 2.75) is 32.7 Å². The average Bonchev–Trinajstić information content (AvgIpc) is 2.70. The van der Waals surface area contributed by atoms with Gasteiger partial charge in [0.25, 0.3) is 0 Å². The van der Waals surface area contributed by atoms with E-state index in [1.54, 1.807) is 0 Å². The van der Waals surface area contributed by atoms with Crippen LogP contribution in [0.1, 0.15) is 26.7 Å². The molecule has 0 radical (unpaired) electrons. The lowest BCUT2D eigenvalue weighted by atomic mass is 10.0. The lowest BCUT2D eigenvalue weighted by Crippen LogP contribution is -2.41. The van der Waals surface area contributed by atoms with Gasteiger partial charge in [0, 0.05) is 12.6 Å². The lowest BCUT2D eigenvalue weighted by Gasteiger charge is -2.30. The standard InChI is InChI=1S/C13H29N3/c1-5-16(12(2)11-15(3)4)9-7-13-6-8-14-10-13/h12-14H,5-11H2,1-4H3. The molecule has 16 heavy (non-hydrogen) atoms. The van der Waals surface area contributed by atoms with Gasteiger partial charge < -0.3 is 10.2 Å². The van der Waals surface area contributed by atoms with Gasteiger partial charge in [-0.3, -0.25) is 4.90 Å². The third-order valence-electron chi connectivity index (χ3n) is 3.65. The Labute approximate surface area is 101 Å². The van der Waals surface area contributed by atoms with Crippen LogP contribution >= 0.6 is 0 Å². The molecule has 3 heteroatoms. The van der Waals surface area contributed by atoms with Crippen molar-refractivity contribution in [2.75, 3.05) is 46.8 Å². The number of nitrogens with one attached hydrogen (secondary N) is 1. The molecular formula is C13H29N3. The third kappa shape index (κ3) is 4.81. The van der Waals surface area contributed by atoms with Crippen LogP contribution in [0.4, 0.5) is 0 Å². The minimum atomic E-state index is 0.675. The first kappa shape index (κ1) is 13.9. The fourth-order valence-corrected chi connectivity index (χ4v) is 2.64. The molecule has 1 aliphatic heterocycles. The first-order valence-electron chi connectivity index (χ1n) is 6.73. The second-order valence-corrected chi connectivity index (χ2v) is 5.39. The van der Waals surface area contributed by atoms with E-state index in [-0.39, 0.29) is 0 Å². The summed E-state index contributed by atoms with van der Waals surface area (Å²) in [5.74, 6) is 0.917. The maximum absolute atomic E-state index is 3.45. The Bertz CT molecular complexity index is 176. The van der Waals surface area contributed by atoms with Gasteiger partial charge in [-0.1, -0.05) is 6.92 Å². The second-order valence-electron chi connectivity index (χ2n) is 5.39. The lowest BCUT2D eigenvalue weighted by molar-refractivity contribution is 0.172. The highest BCUT2D eigenvalue weighted by atomic mass is 15.2. The van der Waals surface area contributed by atoms with E-state index in [9.17, 15) is 0 Å². The van der Waals surface area contributed by atoms with E-state index in [1.807, 2.05) is 0 Å². The van der Waals surface area contributed by atoms with Crippen LogP contribution in [0.2, 0.25) is 0 Å². The van der Waals surface area contributed by atoms with Crippen molar-refractivity contribution in [1.29, 1.82) is 0 Å². The predicted molar refractivity (Wildman–Crippen MR) is 70.9 cm³/mol. The molecule has 1 heterocycles. The van der Waals surface area contributed by atoms with Crippen molar-refractivity contribution in [2.24, 2.45) is 5.92 Å². The normalized spacial score (nSPS) is 23.2. The largest absolute Gasteiger partial charge is 0.316 e. The molecule has 1 N–H and O–H groups in total. The van der Waals surface area contributed by atoms with Crippen LogP contribution in [0.3, 0.4) is 0 Å². The third-order valence-corrected chi connectivity index (χ3v) is 3.65. The first-order chi connectivity index (χ1) is 7.63. The maximum atomic E-state index is 3.45. The molecule has 0 aliphatic carbocycles. The molecule has 0 aromatic rings. The van der Waals surface area contributed by atoms with Crippen molar-refractivity contribution < 1.29 is 0 Å². The molecule has 1 fully saturated rings. The highest BCUT2D eigenvalue weighted by molar-refractivity contribution is 4.75. The van der Waals surface area contributed by atoms with Gasteiger partial charge in [0.1, 0.15) is 0 Å². The Morgan fingerprint density at radius 1 is 1.38 bits per heavy atom. The van der Waals surface area contributed by atoms with Gasteiger partial charge in [0.15, 0.2) is 0 Å². The smallest absolute Gasteiger partial charge is 0.0194 e. The fourth-order valence-electron chi connectivity index (χ4n) is 2.64. The molecule has 0 aromatic carbocycles. The SMILES string of the molecule is CCN(CCC1CCNC1)C(C)CN(C)C. The van der Waals surface area contributed by atoms with Crippen molar-refractivity contribution in [3.8, 4) is 0 Å². The summed E-state index contributed by atoms with van der Waals surface area (Å²) in [5.41, 5.74) is 0. The summed E-state index contributed by atoms with van der Waals surface area (Å²) in [6.45, 7) is 10.7. The molecule has 2 unspecified atom stereocenters. The zero-order chi connectivity index (χ0) is 12.0. The number of hydrogen-bond acceptors (Lipinski definition) is 3. The summed E-state index contributed by atoms with van der Waals surface area (Å²) >= 11 is 0. The van der Waals surface area contributed by atoms with E-state index in [1.165, 1.54) is 39.0 Å². The zero-order valence-corrected chi connectivity index (χ0v) is 11.5. The Hall–Kier alpha value is -0.120. The van der Waals surface area contributed by atoms with Crippen LogP contribution in [0.25, 0.3) is 0 Å². The molecule has 1 rings (SSSR count). The molecule has 3 nitrogen and oxygen atoms in total. The summed E-state index contributed by atoms with van der Waals surface area (Å²) in [7, 11) is 4.32. The second kappa shape index (κ2) is 7.25. The van der Waals surface area contributed by atoms with Gasteiger partial charge in [0.05, 0.1) is 0 Å². The van der Waals surface area contributed by atoms with Gasteiger partial charge >= 0.3 is 0 Å². The summed E-state index contributed by atoms with van der Waals surface area (Å²) in [6, 6.07) is 0.675. The van der Waals surface area contributed by atoms with Crippen LogP contribution in [-0.4, -0.2) is 62.7 Å². The van der Waals surface area contributed by atoms with Gasteiger partial charge in [-0.05, 0) is 66.0 Å². The summed E-state index contributed by atoms with van der Waals surface area (Å²) in [6.07, 6.45) is 2.73. The molecule has 1 saturated heterocycles. The Kier molecular flexibility index (Phi) is 6.32. The molecular weight excluding hydrogens is 198 g/mol. The maximum Gasteiger partial charge on any atom is 0.0194 e. The summed E-state index contributed by atoms with van der Waals surface area (Å²) in [4.78, 5) is 4.89. The van der Waals surface area contributed by atoms with E-state index in [0.717, 1.165) is 12.5 Å². The van der Waals surface area contributed by atoms with Crippen LogP contribution in [0.5, 0.6) is 0 Å². The highest BCUT2D eigenvalue weighted by Crippen LogP contribution is 2.13. The number of likely N-dealkylation sites (N-methyl/N-ethyl adjacent to an activating group) is 2. The molecule has 0 spiro atoms. The molecule has 0 saturated carbocycles. The molecule has 2 atom stereocenters. The number of nitrogens with zero attached hydrogens (tertiary/aromatic N) is 2. The number of hydrogen-bond donors (Lipinski definition) is 1. The molecule has 1 aliphatic rings. The van der Waals surface area contributed by atoms with E-state index < -0.39 is 0 Å². The summed E-state index contributed by atoms with van der Waals surface area (Å²) in [5, 5.41) is 3.45.